The van der Waals surface area contributed by atoms with Gasteiger partial charge in [0.15, 0.2) is 0 Å². The van der Waals surface area contributed by atoms with Crippen molar-refractivity contribution in [2.75, 3.05) is 26.2 Å². The van der Waals surface area contributed by atoms with E-state index in [1.165, 1.54) is 18.4 Å². The molecule has 2 aliphatic rings. The second kappa shape index (κ2) is 9.31. The Morgan fingerprint density at radius 2 is 2.05 bits per heavy atom. The number of rotatable bonds is 7. The van der Waals surface area contributed by atoms with Crippen molar-refractivity contribution in [3.8, 4) is 0 Å². The third-order valence-corrected chi connectivity index (χ3v) is 4.49. The topological polar surface area (TPSA) is 41.6 Å². The van der Waals surface area contributed by atoms with Gasteiger partial charge >= 0.3 is 0 Å². The van der Waals surface area contributed by atoms with Crippen molar-refractivity contribution in [2.45, 2.75) is 71.0 Å². The lowest BCUT2D eigenvalue weighted by molar-refractivity contribution is -0.120. The van der Waals surface area contributed by atoms with Gasteiger partial charge in [-0.25, -0.2) is 0 Å². The van der Waals surface area contributed by atoms with Gasteiger partial charge in [-0.2, -0.15) is 0 Å². The van der Waals surface area contributed by atoms with Crippen LogP contribution in [0.4, 0.5) is 0 Å². The Balaban J connectivity index is 1.51. The molecule has 0 aromatic rings. The Bertz CT molecular complexity index is 371. The number of ether oxygens (including phenoxy) is 1. The van der Waals surface area contributed by atoms with E-state index in [0.717, 1.165) is 51.9 Å². The first kappa shape index (κ1) is 17.5. The quantitative estimate of drug-likeness (QED) is 0.581. The van der Waals surface area contributed by atoms with Gasteiger partial charge in [0.25, 0.3) is 0 Å². The lowest BCUT2D eigenvalue weighted by Crippen LogP contribution is -2.45. The van der Waals surface area contributed by atoms with E-state index in [1.54, 1.807) is 0 Å². The molecule has 1 fully saturated rings. The fraction of sp³-hybridized carbons (Fsp3) is 0.833. The molecule has 2 atom stereocenters. The summed E-state index contributed by atoms with van der Waals surface area (Å²) in [7, 11) is 0. The van der Waals surface area contributed by atoms with Gasteiger partial charge in [0.1, 0.15) is 0 Å². The van der Waals surface area contributed by atoms with Crippen LogP contribution in [0.25, 0.3) is 0 Å². The Morgan fingerprint density at radius 3 is 2.73 bits per heavy atom. The van der Waals surface area contributed by atoms with Crippen LogP contribution in [0, 0.1) is 0 Å². The van der Waals surface area contributed by atoms with Gasteiger partial charge in [0, 0.05) is 26.1 Å². The van der Waals surface area contributed by atoms with Crippen molar-refractivity contribution >= 4 is 5.91 Å². The molecule has 4 nitrogen and oxygen atoms in total. The summed E-state index contributed by atoms with van der Waals surface area (Å²) in [5.41, 5.74) is 1.33. The molecule has 1 saturated heterocycles. The van der Waals surface area contributed by atoms with Crippen LogP contribution in [0.5, 0.6) is 0 Å². The Labute approximate surface area is 135 Å². The minimum absolute atomic E-state index is 0.196. The molecule has 1 aliphatic heterocycles. The van der Waals surface area contributed by atoms with Crippen LogP contribution in [0.1, 0.15) is 58.8 Å². The summed E-state index contributed by atoms with van der Waals surface area (Å²) in [5, 5.41) is 3.06. The molecular formula is C18H32N2O2. The lowest BCUT2D eigenvalue weighted by atomic mass is 9.97. The lowest BCUT2D eigenvalue weighted by Gasteiger charge is -2.35. The zero-order chi connectivity index (χ0) is 15.8. The van der Waals surface area contributed by atoms with Crippen molar-refractivity contribution in [2.24, 2.45) is 0 Å². The molecule has 0 aromatic carbocycles. The normalized spacial score (nSPS) is 26.5. The van der Waals surface area contributed by atoms with Crippen LogP contribution in [0.15, 0.2) is 11.6 Å². The summed E-state index contributed by atoms with van der Waals surface area (Å²) < 4.78 is 5.74. The average molecular weight is 308 g/mol. The smallest absolute Gasteiger partial charge is 0.224 e. The number of nitrogens with zero attached hydrogens (tertiary/aromatic N) is 1. The largest absolute Gasteiger partial charge is 0.373 e. The minimum atomic E-state index is 0.196. The molecule has 1 amide bonds. The zero-order valence-corrected chi connectivity index (χ0v) is 14.3. The first-order chi connectivity index (χ1) is 10.6. The zero-order valence-electron chi connectivity index (χ0n) is 14.3. The van der Waals surface area contributed by atoms with Gasteiger partial charge in [-0.15, -0.1) is 0 Å². The highest BCUT2D eigenvalue weighted by atomic mass is 16.5. The number of hydrogen-bond acceptors (Lipinski definition) is 3. The molecule has 0 aromatic heterocycles. The Hall–Kier alpha value is -0.870. The summed E-state index contributed by atoms with van der Waals surface area (Å²) >= 11 is 0. The van der Waals surface area contributed by atoms with E-state index >= 15 is 0 Å². The predicted octanol–water partition coefficient (Wildman–Crippen LogP) is 2.88. The van der Waals surface area contributed by atoms with Crippen LogP contribution in [-0.2, 0) is 9.53 Å². The number of amides is 1. The molecule has 0 unspecified atom stereocenters. The maximum Gasteiger partial charge on any atom is 0.224 e. The van der Waals surface area contributed by atoms with E-state index in [2.05, 4.69) is 30.1 Å². The molecule has 0 radical (unpaired) electrons. The predicted molar refractivity (Wildman–Crippen MR) is 89.9 cm³/mol. The van der Waals surface area contributed by atoms with E-state index in [1.807, 2.05) is 0 Å². The summed E-state index contributed by atoms with van der Waals surface area (Å²) in [6, 6.07) is 0. The van der Waals surface area contributed by atoms with Crippen LogP contribution in [-0.4, -0.2) is 49.2 Å². The Morgan fingerprint density at radius 1 is 1.27 bits per heavy atom. The minimum Gasteiger partial charge on any atom is -0.373 e. The van der Waals surface area contributed by atoms with Crippen molar-refractivity contribution in [3.63, 3.8) is 0 Å². The fourth-order valence-corrected chi connectivity index (χ4v) is 3.49. The number of carbonyl (C=O) groups is 1. The van der Waals surface area contributed by atoms with Crippen molar-refractivity contribution in [1.29, 1.82) is 0 Å². The summed E-state index contributed by atoms with van der Waals surface area (Å²) in [6.45, 7) is 8.27. The van der Waals surface area contributed by atoms with E-state index in [4.69, 9.17) is 4.74 Å². The molecule has 0 spiro atoms. The highest BCUT2D eigenvalue weighted by Crippen LogP contribution is 2.19. The highest BCUT2D eigenvalue weighted by Gasteiger charge is 2.21. The SMILES string of the molecule is C[C@H]1CN(CCCCNC(=O)CC2=CCCCC2)C[C@H](C)O1. The number of allylic oxidation sites excluding steroid dienone is 1. The molecule has 0 saturated carbocycles. The molecule has 0 bridgehead atoms. The first-order valence-electron chi connectivity index (χ1n) is 8.96. The third-order valence-electron chi connectivity index (χ3n) is 4.49. The second-order valence-corrected chi connectivity index (χ2v) is 6.86. The summed E-state index contributed by atoms with van der Waals surface area (Å²) in [6.07, 6.45) is 10.5. The van der Waals surface area contributed by atoms with Gasteiger partial charge in [-0.05, 0) is 58.9 Å². The first-order valence-corrected chi connectivity index (χ1v) is 8.96. The van der Waals surface area contributed by atoms with Gasteiger partial charge < -0.3 is 10.1 Å². The van der Waals surface area contributed by atoms with Gasteiger partial charge in [0.05, 0.1) is 12.2 Å². The third kappa shape index (κ3) is 6.49. The fourth-order valence-electron chi connectivity index (χ4n) is 3.49. The monoisotopic (exact) mass is 308 g/mol. The molecule has 1 N–H and O–H groups in total. The van der Waals surface area contributed by atoms with E-state index in [9.17, 15) is 4.79 Å². The van der Waals surface area contributed by atoms with Gasteiger partial charge in [-0.1, -0.05) is 11.6 Å². The maximum atomic E-state index is 11.9. The summed E-state index contributed by atoms with van der Waals surface area (Å²) in [4.78, 5) is 14.4. The molecule has 22 heavy (non-hydrogen) atoms. The highest BCUT2D eigenvalue weighted by molar-refractivity contribution is 5.78. The van der Waals surface area contributed by atoms with Crippen LogP contribution in [0.2, 0.25) is 0 Å². The number of carbonyl (C=O) groups excluding carboxylic acids is 1. The van der Waals surface area contributed by atoms with Crippen molar-refractivity contribution in [3.05, 3.63) is 11.6 Å². The molecule has 4 heteroatoms. The molecule has 126 valence electrons. The second-order valence-electron chi connectivity index (χ2n) is 6.86. The molecular weight excluding hydrogens is 276 g/mol. The number of morpholine rings is 1. The number of hydrogen-bond donors (Lipinski definition) is 1. The summed E-state index contributed by atoms with van der Waals surface area (Å²) in [5.74, 6) is 0.196. The van der Waals surface area contributed by atoms with Crippen LogP contribution >= 0.6 is 0 Å². The van der Waals surface area contributed by atoms with Crippen LogP contribution < -0.4 is 5.32 Å². The van der Waals surface area contributed by atoms with Crippen molar-refractivity contribution < 1.29 is 9.53 Å². The van der Waals surface area contributed by atoms with E-state index < -0.39 is 0 Å². The average Bonchev–Trinajstić information content (AvgIpc) is 2.47. The number of unbranched alkanes of at least 4 members (excludes halogenated alkanes) is 1. The molecule has 2 rings (SSSR count). The van der Waals surface area contributed by atoms with E-state index in [-0.39, 0.29) is 5.91 Å². The van der Waals surface area contributed by atoms with Gasteiger partial charge in [-0.3, -0.25) is 9.69 Å². The van der Waals surface area contributed by atoms with E-state index in [0.29, 0.717) is 18.6 Å². The molecule has 1 heterocycles. The van der Waals surface area contributed by atoms with Crippen LogP contribution in [0.3, 0.4) is 0 Å². The van der Waals surface area contributed by atoms with Crippen molar-refractivity contribution in [1.82, 2.24) is 10.2 Å². The van der Waals surface area contributed by atoms with Gasteiger partial charge in [0.2, 0.25) is 5.91 Å². The maximum absolute atomic E-state index is 11.9. The number of nitrogens with one attached hydrogen (secondary N) is 1. The Kier molecular flexibility index (Phi) is 7.40. The standard InChI is InChI=1S/C18H32N2O2/c1-15-13-20(14-16(2)22-15)11-7-6-10-19-18(21)12-17-8-4-3-5-9-17/h8,15-16H,3-7,9-14H2,1-2H3,(H,19,21)/t15-,16-/m0/s1. The molecule has 1 aliphatic carbocycles.